The highest BCUT2D eigenvalue weighted by Gasteiger charge is 2.44. The third-order valence-electron chi connectivity index (χ3n) is 5.54. The van der Waals surface area contributed by atoms with E-state index in [9.17, 15) is 4.79 Å². The van der Waals surface area contributed by atoms with Gasteiger partial charge in [0.25, 0.3) is 0 Å². The molecule has 1 saturated carbocycles. The van der Waals surface area contributed by atoms with E-state index in [2.05, 4.69) is 18.7 Å². The zero-order chi connectivity index (χ0) is 14.0. The lowest BCUT2D eigenvalue weighted by Crippen LogP contribution is -2.55. The van der Waals surface area contributed by atoms with E-state index in [1.165, 1.54) is 19.5 Å². The summed E-state index contributed by atoms with van der Waals surface area (Å²) in [5, 5.41) is 0. The second kappa shape index (κ2) is 5.80. The number of nitrogens with two attached hydrogens (primary N) is 2. The van der Waals surface area contributed by atoms with E-state index in [0.29, 0.717) is 0 Å². The molecule has 1 aliphatic heterocycles. The summed E-state index contributed by atoms with van der Waals surface area (Å²) < 4.78 is 0. The number of rotatable bonds is 4. The van der Waals surface area contributed by atoms with Gasteiger partial charge in [-0.15, -0.1) is 0 Å². The lowest BCUT2D eigenvalue weighted by molar-refractivity contribution is -0.124. The Hall–Kier alpha value is -0.610. The molecule has 0 aromatic heterocycles. The van der Waals surface area contributed by atoms with Crippen molar-refractivity contribution < 1.29 is 4.79 Å². The Morgan fingerprint density at radius 2 is 2.05 bits per heavy atom. The summed E-state index contributed by atoms with van der Waals surface area (Å²) in [6.45, 7) is 8.11. The van der Waals surface area contributed by atoms with E-state index < -0.39 is 5.54 Å². The van der Waals surface area contributed by atoms with Crippen LogP contribution in [-0.4, -0.2) is 36.0 Å². The zero-order valence-corrected chi connectivity index (χ0v) is 12.4. The topological polar surface area (TPSA) is 72.3 Å². The smallest absolute Gasteiger partial charge is 0.237 e. The van der Waals surface area contributed by atoms with Crippen molar-refractivity contribution >= 4 is 5.91 Å². The van der Waals surface area contributed by atoms with Crippen molar-refractivity contribution in [3.8, 4) is 0 Å². The molecule has 4 heteroatoms. The van der Waals surface area contributed by atoms with Crippen molar-refractivity contribution in [1.29, 1.82) is 0 Å². The van der Waals surface area contributed by atoms with Crippen molar-refractivity contribution in [2.24, 2.45) is 29.2 Å². The minimum absolute atomic E-state index is 0.277. The third-order valence-corrected chi connectivity index (χ3v) is 5.54. The summed E-state index contributed by atoms with van der Waals surface area (Å²) in [6, 6.07) is 0. The SMILES string of the molecule is CC1CCN(CCC2CCCC2(N)C(N)=O)CC1C. The van der Waals surface area contributed by atoms with Crippen LogP contribution in [0.2, 0.25) is 0 Å². The highest BCUT2D eigenvalue weighted by atomic mass is 16.1. The van der Waals surface area contributed by atoms with E-state index in [-0.39, 0.29) is 11.8 Å². The number of nitrogens with zero attached hydrogens (tertiary/aromatic N) is 1. The molecule has 0 radical (unpaired) electrons. The molecule has 2 fully saturated rings. The first kappa shape index (κ1) is 14.8. The normalized spacial score (nSPS) is 40.5. The van der Waals surface area contributed by atoms with Gasteiger partial charge in [0.05, 0.1) is 5.54 Å². The van der Waals surface area contributed by atoms with E-state index in [1.54, 1.807) is 0 Å². The van der Waals surface area contributed by atoms with Crippen molar-refractivity contribution in [3.05, 3.63) is 0 Å². The molecule has 4 N–H and O–H groups in total. The molecule has 1 aliphatic carbocycles. The molecule has 4 nitrogen and oxygen atoms in total. The monoisotopic (exact) mass is 267 g/mol. The third kappa shape index (κ3) is 3.11. The molecule has 0 bridgehead atoms. The number of hydrogen-bond donors (Lipinski definition) is 2. The number of primary amides is 1. The van der Waals surface area contributed by atoms with Crippen LogP contribution in [0.3, 0.4) is 0 Å². The van der Waals surface area contributed by atoms with Gasteiger partial charge in [-0.1, -0.05) is 20.3 Å². The quantitative estimate of drug-likeness (QED) is 0.807. The maximum atomic E-state index is 11.6. The Morgan fingerprint density at radius 3 is 2.68 bits per heavy atom. The van der Waals surface area contributed by atoms with Crippen molar-refractivity contribution in [2.45, 2.75) is 51.5 Å². The summed E-state index contributed by atoms with van der Waals surface area (Å²) in [5.41, 5.74) is 11.0. The number of carbonyl (C=O) groups excluding carboxylic acids is 1. The molecule has 2 aliphatic rings. The number of likely N-dealkylation sites (tertiary alicyclic amines) is 1. The predicted octanol–water partition coefficient (Wildman–Crippen LogP) is 1.34. The Kier molecular flexibility index (Phi) is 4.51. The van der Waals surface area contributed by atoms with Gasteiger partial charge < -0.3 is 16.4 Å². The number of piperidine rings is 1. The van der Waals surface area contributed by atoms with E-state index in [1.807, 2.05) is 0 Å². The van der Waals surface area contributed by atoms with Crippen LogP contribution in [0.15, 0.2) is 0 Å². The Labute approximate surface area is 116 Å². The predicted molar refractivity (Wildman–Crippen MR) is 77.5 cm³/mol. The fraction of sp³-hybridized carbons (Fsp3) is 0.933. The molecule has 1 heterocycles. The second-order valence-corrected chi connectivity index (χ2v) is 6.83. The number of carbonyl (C=O) groups is 1. The summed E-state index contributed by atoms with van der Waals surface area (Å²) in [4.78, 5) is 14.1. The molecule has 0 aromatic rings. The van der Waals surface area contributed by atoms with Crippen molar-refractivity contribution in [1.82, 2.24) is 4.90 Å². The Balaban J connectivity index is 1.84. The summed E-state index contributed by atoms with van der Waals surface area (Å²) >= 11 is 0. The van der Waals surface area contributed by atoms with Crippen LogP contribution in [-0.2, 0) is 4.79 Å². The van der Waals surface area contributed by atoms with Crippen molar-refractivity contribution in [2.75, 3.05) is 19.6 Å². The van der Waals surface area contributed by atoms with Gasteiger partial charge >= 0.3 is 0 Å². The molecule has 0 spiro atoms. The largest absolute Gasteiger partial charge is 0.368 e. The van der Waals surface area contributed by atoms with E-state index >= 15 is 0 Å². The number of amides is 1. The van der Waals surface area contributed by atoms with Crippen LogP contribution in [0.5, 0.6) is 0 Å². The van der Waals surface area contributed by atoms with Crippen LogP contribution in [0.4, 0.5) is 0 Å². The molecule has 1 amide bonds. The number of hydrogen-bond acceptors (Lipinski definition) is 3. The van der Waals surface area contributed by atoms with Crippen LogP contribution in [0.25, 0.3) is 0 Å². The fourth-order valence-corrected chi connectivity index (χ4v) is 3.72. The van der Waals surface area contributed by atoms with Gasteiger partial charge in [0.1, 0.15) is 0 Å². The van der Waals surface area contributed by atoms with Crippen LogP contribution in [0.1, 0.15) is 46.0 Å². The summed E-state index contributed by atoms with van der Waals surface area (Å²) in [6.07, 6.45) is 5.16. The first-order valence-corrected chi connectivity index (χ1v) is 7.74. The Bertz CT molecular complexity index is 333. The molecule has 110 valence electrons. The van der Waals surface area contributed by atoms with Gasteiger partial charge in [-0.05, 0) is 56.5 Å². The second-order valence-electron chi connectivity index (χ2n) is 6.83. The molecule has 4 unspecified atom stereocenters. The zero-order valence-electron chi connectivity index (χ0n) is 12.4. The highest BCUT2D eigenvalue weighted by molar-refractivity contribution is 5.85. The van der Waals surface area contributed by atoms with Gasteiger partial charge in [0.2, 0.25) is 5.91 Å². The molecular weight excluding hydrogens is 238 g/mol. The lowest BCUT2D eigenvalue weighted by atomic mass is 9.84. The van der Waals surface area contributed by atoms with E-state index in [0.717, 1.165) is 44.1 Å². The molecule has 1 saturated heterocycles. The molecular formula is C15H29N3O. The van der Waals surface area contributed by atoms with Gasteiger partial charge in [-0.3, -0.25) is 4.79 Å². The minimum atomic E-state index is -0.741. The first-order valence-electron chi connectivity index (χ1n) is 7.74. The highest BCUT2D eigenvalue weighted by Crippen LogP contribution is 2.36. The summed E-state index contributed by atoms with van der Waals surface area (Å²) in [7, 11) is 0. The first-order chi connectivity index (χ1) is 8.93. The molecule has 2 rings (SSSR count). The molecule has 0 aromatic carbocycles. The summed E-state index contributed by atoms with van der Waals surface area (Å²) in [5.74, 6) is 1.58. The standard InChI is InChI=1S/C15H29N3O/c1-11-5-8-18(10-12(11)2)9-6-13-4-3-7-15(13,17)14(16)19/h11-13H,3-10,17H2,1-2H3,(H2,16,19). The Morgan fingerprint density at radius 1 is 1.32 bits per heavy atom. The molecule has 19 heavy (non-hydrogen) atoms. The van der Waals surface area contributed by atoms with Gasteiger partial charge in [-0.25, -0.2) is 0 Å². The maximum absolute atomic E-state index is 11.6. The molecule has 4 atom stereocenters. The fourth-order valence-electron chi connectivity index (χ4n) is 3.72. The van der Waals surface area contributed by atoms with Crippen molar-refractivity contribution in [3.63, 3.8) is 0 Å². The maximum Gasteiger partial charge on any atom is 0.237 e. The van der Waals surface area contributed by atoms with Crippen LogP contribution >= 0.6 is 0 Å². The van der Waals surface area contributed by atoms with Crippen LogP contribution in [0, 0.1) is 17.8 Å². The van der Waals surface area contributed by atoms with Gasteiger partial charge in [0.15, 0.2) is 0 Å². The van der Waals surface area contributed by atoms with Gasteiger partial charge in [-0.2, -0.15) is 0 Å². The average molecular weight is 267 g/mol. The average Bonchev–Trinajstić information content (AvgIpc) is 2.74. The van der Waals surface area contributed by atoms with Crippen LogP contribution < -0.4 is 11.5 Å². The van der Waals surface area contributed by atoms with E-state index in [4.69, 9.17) is 11.5 Å². The minimum Gasteiger partial charge on any atom is -0.368 e. The van der Waals surface area contributed by atoms with Gasteiger partial charge in [0, 0.05) is 6.54 Å². The lowest BCUT2D eigenvalue weighted by Gasteiger charge is -2.37.